The fraction of sp³-hybridized carbons (Fsp3) is 0.100. The van der Waals surface area contributed by atoms with Crippen molar-refractivity contribution in [2.45, 2.75) is 6.92 Å². The number of rotatable bonds is 3. The molecule has 0 saturated carbocycles. The highest BCUT2D eigenvalue weighted by Crippen LogP contribution is 2.01. The summed E-state index contributed by atoms with van der Waals surface area (Å²) in [7, 11) is 0. The molecule has 0 aliphatic heterocycles. The van der Waals surface area contributed by atoms with Crippen LogP contribution in [0.4, 0.5) is 0 Å². The van der Waals surface area contributed by atoms with E-state index in [9.17, 15) is 9.59 Å². The first-order chi connectivity index (χ1) is 6.24. The zero-order valence-corrected chi connectivity index (χ0v) is 7.23. The van der Waals surface area contributed by atoms with Crippen LogP contribution in [0.25, 0.3) is 6.08 Å². The van der Waals surface area contributed by atoms with Gasteiger partial charge in [0.2, 0.25) is 0 Å². The summed E-state index contributed by atoms with van der Waals surface area (Å²) >= 11 is 0. The Morgan fingerprint density at radius 2 is 2.23 bits per heavy atom. The molecule has 0 aliphatic rings. The molecule has 0 bridgehead atoms. The Morgan fingerprint density at radius 1 is 1.46 bits per heavy atom. The Balaban J connectivity index is 2.98. The molecule has 1 heterocycles. The number of hydrogen-bond acceptors (Lipinski definition) is 3. The van der Waals surface area contributed by atoms with Gasteiger partial charge >= 0.3 is 0 Å². The van der Waals surface area contributed by atoms with Crippen molar-refractivity contribution in [1.82, 2.24) is 4.98 Å². The van der Waals surface area contributed by atoms with Crippen molar-refractivity contribution in [3.05, 3.63) is 35.7 Å². The fourth-order valence-corrected chi connectivity index (χ4v) is 0.878. The van der Waals surface area contributed by atoms with Crippen LogP contribution in [-0.2, 0) is 4.79 Å². The van der Waals surface area contributed by atoms with Gasteiger partial charge in [-0.1, -0.05) is 6.07 Å². The Hall–Kier alpha value is -1.77. The van der Waals surface area contributed by atoms with Crippen molar-refractivity contribution in [2.75, 3.05) is 0 Å². The molecular weight excluding hydrogens is 166 g/mol. The lowest BCUT2D eigenvalue weighted by Gasteiger charge is -1.95. The van der Waals surface area contributed by atoms with Crippen LogP contribution in [-0.4, -0.2) is 17.1 Å². The van der Waals surface area contributed by atoms with E-state index in [1.807, 2.05) is 0 Å². The van der Waals surface area contributed by atoms with Gasteiger partial charge in [-0.2, -0.15) is 0 Å². The Bertz CT molecular complexity index is 356. The standard InChI is InChI=1S/C10H9NO2/c1-8(13)10-6-2-4-9(11-10)5-3-7-12/h2-7H,1H3. The third-order valence-electron chi connectivity index (χ3n) is 1.48. The maximum atomic E-state index is 10.9. The van der Waals surface area contributed by atoms with Crippen molar-refractivity contribution in [2.24, 2.45) is 0 Å². The van der Waals surface area contributed by atoms with Crippen LogP contribution in [0.15, 0.2) is 24.3 Å². The van der Waals surface area contributed by atoms with E-state index in [2.05, 4.69) is 4.98 Å². The number of carbonyl (C=O) groups excluding carboxylic acids is 2. The molecule has 1 aromatic heterocycles. The number of pyridine rings is 1. The minimum absolute atomic E-state index is 0.0821. The lowest BCUT2D eigenvalue weighted by atomic mass is 10.2. The van der Waals surface area contributed by atoms with Crippen LogP contribution < -0.4 is 0 Å². The van der Waals surface area contributed by atoms with Crippen molar-refractivity contribution in [1.29, 1.82) is 0 Å². The van der Waals surface area contributed by atoms with Crippen LogP contribution in [0.5, 0.6) is 0 Å². The second-order valence-electron chi connectivity index (χ2n) is 2.50. The van der Waals surface area contributed by atoms with E-state index in [4.69, 9.17) is 0 Å². The van der Waals surface area contributed by atoms with Crippen LogP contribution in [0.1, 0.15) is 23.1 Å². The Kier molecular flexibility index (Phi) is 3.09. The number of ketones is 1. The minimum Gasteiger partial charge on any atom is -0.299 e. The molecule has 0 spiro atoms. The van der Waals surface area contributed by atoms with Gasteiger partial charge in [0, 0.05) is 6.92 Å². The summed E-state index contributed by atoms with van der Waals surface area (Å²) in [5.74, 6) is -0.0821. The minimum atomic E-state index is -0.0821. The first-order valence-electron chi connectivity index (χ1n) is 3.84. The van der Waals surface area contributed by atoms with E-state index in [0.717, 1.165) is 0 Å². The number of Topliss-reactive ketones (excluding diaryl/α,β-unsaturated/α-hetero) is 1. The molecular formula is C10H9NO2. The third kappa shape index (κ3) is 2.63. The topological polar surface area (TPSA) is 47.0 Å². The summed E-state index contributed by atoms with van der Waals surface area (Å²) in [5, 5.41) is 0. The third-order valence-corrected chi connectivity index (χ3v) is 1.48. The highest BCUT2D eigenvalue weighted by atomic mass is 16.1. The molecule has 0 fully saturated rings. The predicted octanol–water partition coefficient (Wildman–Crippen LogP) is 1.50. The highest BCUT2D eigenvalue weighted by molar-refractivity contribution is 5.92. The summed E-state index contributed by atoms with van der Waals surface area (Å²) in [6.45, 7) is 1.45. The summed E-state index contributed by atoms with van der Waals surface area (Å²) in [4.78, 5) is 24.9. The van der Waals surface area contributed by atoms with Gasteiger partial charge in [-0.15, -0.1) is 0 Å². The number of aromatic nitrogens is 1. The molecule has 3 heteroatoms. The summed E-state index contributed by atoms with van der Waals surface area (Å²) in [5.41, 5.74) is 1.02. The molecule has 1 rings (SSSR count). The first kappa shape index (κ1) is 9.32. The average Bonchev–Trinajstić information content (AvgIpc) is 2.15. The molecule has 0 atom stereocenters. The molecule has 66 valence electrons. The molecule has 0 aliphatic carbocycles. The molecule has 0 amide bonds. The van der Waals surface area contributed by atoms with Gasteiger partial charge in [0.15, 0.2) is 5.78 Å². The van der Waals surface area contributed by atoms with Gasteiger partial charge < -0.3 is 0 Å². The smallest absolute Gasteiger partial charge is 0.178 e. The second kappa shape index (κ2) is 4.30. The van der Waals surface area contributed by atoms with E-state index in [1.54, 1.807) is 24.3 Å². The van der Waals surface area contributed by atoms with Crippen LogP contribution in [0, 0.1) is 0 Å². The fourth-order valence-electron chi connectivity index (χ4n) is 0.878. The zero-order valence-electron chi connectivity index (χ0n) is 7.23. The largest absolute Gasteiger partial charge is 0.299 e. The number of allylic oxidation sites excluding steroid dienone is 1. The van der Waals surface area contributed by atoms with Gasteiger partial charge in [-0.05, 0) is 24.3 Å². The molecule has 0 aromatic carbocycles. The van der Waals surface area contributed by atoms with Gasteiger partial charge in [0.05, 0.1) is 5.69 Å². The van der Waals surface area contributed by atoms with E-state index in [0.29, 0.717) is 17.7 Å². The monoisotopic (exact) mass is 175 g/mol. The van der Waals surface area contributed by atoms with Gasteiger partial charge in [0.1, 0.15) is 12.0 Å². The Labute approximate surface area is 76.1 Å². The van der Waals surface area contributed by atoms with E-state index >= 15 is 0 Å². The molecule has 0 radical (unpaired) electrons. The van der Waals surface area contributed by atoms with Gasteiger partial charge in [0.25, 0.3) is 0 Å². The number of aldehydes is 1. The van der Waals surface area contributed by atoms with E-state index in [-0.39, 0.29) is 5.78 Å². The van der Waals surface area contributed by atoms with Crippen LogP contribution in [0.2, 0.25) is 0 Å². The lowest BCUT2D eigenvalue weighted by Crippen LogP contribution is -1.96. The predicted molar refractivity (Wildman–Crippen MR) is 49.3 cm³/mol. The molecule has 0 N–H and O–H groups in total. The number of nitrogens with zero attached hydrogens (tertiary/aromatic N) is 1. The lowest BCUT2D eigenvalue weighted by molar-refractivity contribution is -0.104. The van der Waals surface area contributed by atoms with Crippen molar-refractivity contribution in [3.8, 4) is 0 Å². The maximum absolute atomic E-state index is 10.9. The average molecular weight is 175 g/mol. The zero-order chi connectivity index (χ0) is 9.68. The molecule has 13 heavy (non-hydrogen) atoms. The second-order valence-corrected chi connectivity index (χ2v) is 2.50. The van der Waals surface area contributed by atoms with Crippen molar-refractivity contribution >= 4 is 18.1 Å². The quantitative estimate of drug-likeness (QED) is 0.397. The van der Waals surface area contributed by atoms with Crippen LogP contribution >= 0.6 is 0 Å². The van der Waals surface area contributed by atoms with Crippen molar-refractivity contribution in [3.63, 3.8) is 0 Å². The summed E-state index contributed by atoms with van der Waals surface area (Å²) < 4.78 is 0. The summed E-state index contributed by atoms with van der Waals surface area (Å²) in [6, 6.07) is 5.10. The van der Waals surface area contributed by atoms with Gasteiger partial charge in [-0.25, -0.2) is 4.98 Å². The van der Waals surface area contributed by atoms with Crippen molar-refractivity contribution < 1.29 is 9.59 Å². The SMILES string of the molecule is CC(=O)c1cccc(C=CC=O)n1. The molecule has 0 saturated heterocycles. The number of hydrogen-bond donors (Lipinski definition) is 0. The number of carbonyl (C=O) groups is 2. The Morgan fingerprint density at radius 3 is 2.85 bits per heavy atom. The molecule has 0 unspecified atom stereocenters. The summed E-state index contributed by atoms with van der Waals surface area (Å²) in [6.07, 6.45) is 3.56. The normalized spacial score (nSPS) is 10.2. The highest BCUT2D eigenvalue weighted by Gasteiger charge is 1.99. The molecule has 1 aromatic rings. The maximum Gasteiger partial charge on any atom is 0.178 e. The van der Waals surface area contributed by atoms with E-state index < -0.39 is 0 Å². The van der Waals surface area contributed by atoms with Crippen LogP contribution in [0.3, 0.4) is 0 Å². The van der Waals surface area contributed by atoms with E-state index in [1.165, 1.54) is 13.0 Å². The first-order valence-corrected chi connectivity index (χ1v) is 3.84. The molecule has 3 nitrogen and oxygen atoms in total. The van der Waals surface area contributed by atoms with Gasteiger partial charge in [-0.3, -0.25) is 9.59 Å².